The molecule has 23 heavy (non-hydrogen) atoms. The Morgan fingerprint density at radius 1 is 1.26 bits per heavy atom. The van der Waals surface area contributed by atoms with Crippen molar-refractivity contribution in [1.82, 2.24) is 9.88 Å². The number of hydrogen-bond acceptors (Lipinski definition) is 4. The maximum absolute atomic E-state index is 12.5. The number of Topliss-reactive ketones (excluding diaryl/α,β-unsaturated/α-hetero) is 1. The molecule has 1 aromatic heterocycles. The first-order valence-corrected chi connectivity index (χ1v) is 10.3. The minimum atomic E-state index is -2.91. The fourth-order valence-electron chi connectivity index (χ4n) is 4.07. The Kier molecular flexibility index (Phi) is 4.65. The Balaban J connectivity index is 1.67. The minimum absolute atomic E-state index is 0.0617. The number of carbonyl (C=O) groups excluding carboxylic acids is 1. The molecule has 2 heterocycles. The van der Waals surface area contributed by atoms with E-state index in [1.807, 2.05) is 13.0 Å². The highest BCUT2D eigenvalue weighted by Gasteiger charge is 2.28. The van der Waals surface area contributed by atoms with Gasteiger partial charge in [0.05, 0.1) is 18.1 Å². The standard InChI is InChI=1S/C17H26N2O3S/c1-12-9-16(13(2)19(12)15-5-3-4-6-15)17(20)10-18-14-7-8-23(21,22)11-14/h9,14-15,18H,3-8,10-11H2,1-2H3. The van der Waals surface area contributed by atoms with Crippen LogP contribution in [0.1, 0.15) is 59.9 Å². The monoisotopic (exact) mass is 338 g/mol. The number of sulfone groups is 1. The van der Waals surface area contributed by atoms with Gasteiger partial charge in [0.15, 0.2) is 15.6 Å². The Morgan fingerprint density at radius 3 is 2.57 bits per heavy atom. The van der Waals surface area contributed by atoms with Gasteiger partial charge in [-0.15, -0.1) is 0 Å². The quantitative estimate of drug-likeness (QED) is 0.836. The van der Waals surface area contributed by atoms with Crippen molar-refractivity contribution in [2.45, 2.75) is 58.0 Å². The van der Waals surface area contributed by atoms with Crippen LogP contribution < -0.4 is 5.32 Å². The van der Waals surface area contributed by atoms with Gasteiger partial charge in [0.25, 0.3) is 0 Å². The average molecular weight is 338 g/mol. The molecule has 6 heteroatoms. The van der Waals surface area contributed by atoms with Crippen molar-refractivity contribution in [3.63, 3.8) is 0 Å². The molecule has 1 saturated heterocycles. The molecule has 128 valence electrons. The zero-order valence-corrected chi connectivity index (χ0v) is 14.8. The molecule has 0 radical (unpaired) electrons. The second kappa shape index (κ2) is 6.40. The zero-order chi connectivity index (χ0) is 16.6. The van der Waals surface area contributed by atoms with Gasteiger partial charge in [0, 0.05) is 29.0 Å². The van der Waals surface area contributed by atoms with Crippen LogP contribution >= 0.6 is 0 Å². The van der Waals surface area contributed by atoms with Crippen molar-refractivity contribution in [3.05, 3.63) is 23.0 Å². The second-order valence-electron chi connectivity index (χ2n) is 7.00. The van der Waals surface area contributed by atoms with E-state index in [1.54, 1.807) is 0 Å². The SMILES string of the molecule is Cc1cc(C(=O)CNC2CCS(=O)(=O)C2)c(C)n1C1CCCC1. The Hall–Kier alpha value is -1.14. The second-order valence-corrected chi connectivity index (χ2v) is 9.23. The number of aromatic nitrogens is 1. The van der Waals surface area contributed by atoms with Gasteiger partial charge in [0.1, 0.15) is 0 Å². The third kappa shape index (κ3) is 3.53. The molecule has 1 aliphatic carbocycles. The van der Waals surface area contributed by atoms with E-state index >= 15 is 0 Å². The largest absolute Gasteiger partial charge is 0.345 e. The highest BCUT2D eigenvalue weighted by Crippen LogP contribution is 2.33. The molecule has 3 rings (SSSR count). The van der Waals surface area contributed by atoms with Crippen LogP contribution in [0.5, 0.6) is 0 Å². The minimum Gasteiger partial charge on any atom is -0.345 e. The summed E-state index contributed by atoms with van der Waals surface area (Å²) in [5, 5.41) is 3.12. The first-order valence-electron chi connectivity index (χ1n) is 8.53. The smallest absolute Gasteiger partial charge is 0.178 e. The van der Waals surface area contributed by atoms with E-state index in [9.17, 15) is 13.2 Å². The van der Waals surface area contributed by atoms with Gasteiger partial charge in [-0.1, -0.05) is 12.8 Å². The van der Waals surface area contributed by atoms with E-state index in [1.165, 1.54) is 25.7 Å². The highest BCUT2D eigenvalue weighted by atomic mass is 32.2. The molecule has 5 nitrogen and oxygen atoms in total. The van der Waals surface area contributed by atoms with Gasteiger partial charge in [-0.05, 0) is 39.2 Å². The van der Waals surface area contributed by atoms with Crippen molar-refractivity contribution in [1.29, 1.82) is 0 Å². The number of rotatable bonds is 5. The molecule has 0 spiro atoms. The zero-order valence-electron chi connectivity index (χ0n) is 14.0. The molecule has 1 saturated carbocycles. The molecule has 1 atom stereocenters. The summed E-state index contributed by atoms with van der Waals surface area (Å²) in [6.45, 7) is 4.31. The van der Waals surface area contributed by atoms with Crippen LogP contribution in [-0.4, -0.2) is 42.9 Å². The average Bonchev–Trinajstić information content (AvgIpc) is 3.17. The summed E-state index contributed by atoms with van der Waals surface area (Å²) in [7, 11) is -2.91. The molecule has 1 N–H and O–H groups in total. The lowest BCUT2D eigenvalue weighted by molar-refractivity contribution is 0.0987. The summed E-state index contributed by atoms with van der Waals surface area (Å²) in [4.78, 5) is 12.5. The number of nitrogens with zero attached hydrogens (tertiary/aromatic N) is 1. The predicted molar refractivity (Wildman–Crippen MR) is 90.8 cm³/mol. The summed E-state index contributed by atoms with van der Waals surface area (Å²) >= 11 is 0. The summed E-state index contributed by atoms with van der Waals surface area (Å²) in [5.74, 6) is 0.447. The number of nitrogens with one attached hydrogen (secondary N) is 1. The van der Waals surface area contributed by atoms with Gasteiger partial charge in [-0.3, -0.25) is 4.79 Å². The van der Waals surface area contributed by atoms with Crippen LogP contribution in [-0.2, 0) is 9.84 Å². The van der Waals surface area contributed by atoms with Crippen LogP contribution in [0.2, 0.25) is 0 Å². The van der Waals surface area contributed by atoms with Gasteiger partial charge in [0.2, 0.25) is 0 Å². The van der Waals surface area contributed by atoms with E-state index < -0.39 is 9.84 Å². The molecular formula is C17H26N2O3S. The third-order valence-corrected chi connectivity index (χ3v) is 7.03. The fraction of sp³-hybridized carbons (Fsp3) is 0.706. The molecule has 1 aromatic rings. The number of carbonyl (C=O) groups is 1. The molecule has 0 aromatic carbocycles. The van der Waals surface area contributed by atoms with Crippen LogP contribution in [0.25, 0.3) is 0 Å². The van der Waals surface area contributed by atoms with Crippen LogP contribution in [0.15, 0.2) is 6.07 Å². The Labute approximate surface area is 138 Å². The van der Waals surface area contributed by atoms with Crippen molar-refractivity contribution in [2.24, 2.45) is 0 Å². The fourth-order valence-corrected chi connectivity index (χ4v) is 5.78. The Bertz CT molecular complexity index is 700. The Morgan fingerprint density at radius 2 is 1.96 bits per heavy atom. The van der Waals surface area contributed by atoms with Crippen molar-refractivity contribution >= 4 is 15.6 Å². The number of aryl methyl sites for hydroxylation is 1. The third-order valence-electron chi connectivity index (χ3n) is 5.26. The molecule has 0 bridgehead atoms. The summed E-state index contributed by atoms with van der Waals surface area (Å²) in [6, 6.07) is 2.44. The normalized spacial score (nSPS) is 24.3. The topological polar surface area (TPSA) is 68.2 Å². The first-order chi connectivity index (χ1) is 10.9. The van der Waals surface area contributed by atoms with Crippen molar-refractivity contribution in [3.8, 4) is 0 Å². The van der Waals surface area contributed by atoms with Crippen LogP contribution in [0.4, 0.5) is 0 Å². The van der Waals surface area contributed by atoms with Gasteiger partial charge in [-0.25, -0.2) is 8.42 Å². The summed E-state index contributed by atoms with van der Waals surface area (Å²) in [6.07, 6.45) is 5.53. The molecule has 2 fully saturated rings. The van der Waals surface area contributed by atoms with E-state index in [0.717, 1.165) is 17.0 Å². The predicted octanol–water partition coefficient (Wildman–Crippen LogP) is 2.18. The lowest BCUT2D eigenvalue weighted by atomic mass is 10.1. The lowest BCUT2D eigenvalue weighted by Gasteiger charge is -2.17. The summed E-state index contributed by atoms with van der Waals surface area (Å²) < 4.78 is 25.3. The van der Waals surface area contributed by atoms with E-state index in [4.69, 9.17) is 0 Å². The maximum Gasteiger partial charge on any atom is 0.178 e. The van der Waals surface area contributed by atoms with E-state index in [2.05, 4.69) is 16.8 Å². The summed E-state index contributed by atoms with van der Waals surface area (Å²) in [5.41, 5.74) is 2.99. The molecule has 1 aliphatic heterocycles. The van der Waals surface area contributed by atoms with Crippen LogP contribution in [0.3, 0.4) is 0 Å². The first kappa shape index (κ1) is 16.7. The van der Waals surface area contributed by atoms with E-state index in [0.29, 0.717) is 12.5 Å². The molecule has 2 aliphatic rings. The maximum atomic E-state index is 12.5. The number of hydrogen-bond donors (Lipinski definition) is 1. The molecular weight excluding hydrogens is 312 g/mol. The van der Waals surface area contributed by atoms with Gasteiger partial charge < -0.3 is 9.88 Å². The van der Waals surface area contributed by atoms with Gasteiger partial charge >= 0.3 is 0 Å². The molecule has 1 unspecified atom stereocenters. The molecule has 0 amide bonds. The number of ketones is 1. The van der Waals surface area contributed by atoms with Crippen LogP contribution in [0, 0.1) is 13.8 Å². The van der Waals surface area contributed by atoms with Crippen molar-refractivity contribution < 1.29 is 13.2 Å². The van der Waals surface area contributed by atoms with Crippen molar-refractivity contribution in [2.75, 3.05) is 18.1 Å². The lowest BCUT2D eigenvalue weighted by Crippen LogP contribution is -2.34. The van der Waals surface area contributed by atoms with E-state index in [-0.39, 0.29) is 29.9 Å². The van der Waals surface area contributed by atoms with Gasteiger partial charge in [-0.2, -0.15) is 0 Å². The highest BCUT2D eigenvalue weighted by molar-refractivity contribution is 7.91.